The van der Waals surface area contributed by atoms with Crippen molar-refractivity contribution in [3.63, 3.8) is 0 Å². The minimum Gasteiger partial charge on any atom is -0.454 e. The molecule has 54 heavy (non-hydrogen) atoms. The maximum atomic E-state index is 6.33. The average Bonchev–Trinajstić information content (AvgIpc) is 3.62. The van der Waals surface area contributed by atoms with E-state index in [1.165, 1.54) is 65.3 Å². The Morgan fingerprint density at radius 3 is 1.33 bits per heavy atom. The van der Waals surface area contributed by atoms with Crippen molar-refractivity contribution in [2.24, 2.45) is 0 Å². The molecule has 11 aromatic rings. The van der Waals surface area contributed by atoms with Crippen molar-refractivity contribution in [1.29, 1.82) is 0 Å². The Kier molecular flexibility index (Phi) is 6.86. The first kappa shape index (κ1) is 30.4. The van der Waals surface area contributed by atoms with Crippen molar-refractivity contribution < 1.29 is 4.42 Å². The van der Waals surface area contributed by atoms with Crippen molar-refractivity contribution in [2.45, 2.75) is 0 Å². The fourth-order valence-electron chi connectivity index (χ4n) is 8.32. The fourth-order valence-corrected chi connectivity index (χ4v) is 8.32. The lowest BCUT2D eigenvalue weighted by atomic mass is 9.93. The van der Waals surface area contributed by atoms with Crippen LogP contribution in [0.5, 0.6) is 0 Å². The second-order valence-corrected chi connectivity index (χ2v) is 13.9. The molecule has 0 radical (unpaired) electrons. The minimum absolute atomic E-state index is 0.761. The standard InChI is InChI=1S/C51H32N2O/c1-3-13-40-35(11-1)29-47(44-17-7-5-15-42(40)44)33-21-25-37(26-22-33)53(39-31-50-51(52-32-39)46-19-9-10-20-49(46)54-50)38-27-23-34(24-28-38)48-30-36-12-2-4-14-41(36)43-16-6-8-18-45(43)48/h1-32H. The Hall–Kier alpha value is -7.23. The molecule has 0 amide bonds. The van der Waals surface area contributed by atoms with E-state index in [1.54, 1.807) is 0 Å². The van der Waals surface area contributed by atoms with Crippen LogP contribution in [0, 0.1) is 0 Å². The van der Waals surface area contributed by atoms with E-state index in [-0.39, 0.29) is 0 Å². The number of hydrogen-bond acceptors (Lipinski definition) is 3. The summed E-state index contributed by atoms with van der Waals surface area (Å²) in [6.45, 7) is 0. The molecule has 0 unspecified atom stereocenters. The maximum absolute atomic E-state index is 6.33. The van der Waals surface area contributed by atoms with Gasteiger partial charge in [0, 0.05) is 22.8 Å². The van der Waals surface area contributed by atoms with E-state index in [0.29, 0.717) is 0 Å². The molecular formula is C51H32N2O. The zero-order valence-corrected chi connectivity index (χ0v) is 29.3. The number of rotatable bonds is 5. The number of pyridine rings is 1. The van der Waals surface area contributed by atoms with Gasteiger partial charge in [0.15, 0.2) is 5.58 Å². The van der Waals surface area contributed by atoms with Crippen LogP contribution in [0.2, 0.25) is 0 Å². The van der Waals surface area contributed by atoms with Crippen LogP contribution in [-0.4, -0.2) is 4.98 Å². The van der Waals surface area contributed by atoms with E-state index < -0.39 is 0 Å². The molecule has 252 valence electrons. The topological polar surface area (TPSA) is 29.3 Å². The molecule has 2 aromatic heterocycles. The third-order valence-corrected chi connectivity index (χ3v) is 10.9. The molecule has 0 aliphatic heterocycles. The van der Waals surface area contributed by atoms with Crippen LogP contribution in [-0.2, 0) is 0 Å². The van der Waals surface area contributed by atoms with Crippen molar-refractivity contribution >= 4 is 82.2 Å². The first-order valence-electron chi connectivity index (χ1n) is 18.4. The molecule has 0 saturated heterocycles. The zero-order valence-electron chi connectivity index (χ0n) is 29.3. The number of hydrogen-bond donors (Lipinski definition) is 0. The molecule has 0 spiro atoms. The first-order valence-corrected chi connectivity index (χ1v) is 18.4. The second-order valence-electron chi connectivity index (χ2n) is 13.9. The van der Waals surface area contributed by atoms with Gasteiger partial charge in [0.25, 0.3) is 0 Å². The van der Waals surface area contributed by atoms with E-state index in [0.717, 1.165) is 39.1 Å². The highest BCUT2D eigenvalue weighted by Gasteiger charge is 2.18. The molecule has 0 fully saturated rings. The Balaban J connectivity index is 1.05. The van der Waals surface area contributed by atoms with E-state index in [9.17, 15) is 0 Å². The second kappa shape index (κ2) is 12.2. The summed E-state index contributed by atoms with van der Waals surface area (Å²) in [6.07, 6.45) is 1.96. The third-order valence-electron chi connectivity index (χ3n) is 10.9. The highest BCUT2D eigenvalue weighted by Crippen LogP contribution is 2.42. The Morgan fingerprint density at radius 1 is 0.352 bits per heavy atom. The van der Waals surface area contributed by atoms with Gasteiger partial charge in [-0.3, -0.25) is 0 Å². The number of furan rings is 1. The van der Waals surface area contributed by atoms with E-state index in [4.69, 9.17) is 9.40 Å². The Morgan fingerprint density at radius 2 is 0.796 bits per heavy atom. The van der Waals surface area contributed by atoms with Crippen molar-refractivity contribution in [3.8, 4) is 22.3 Å². The van der Waals surface area contributed by atoms with E-state index in [2.05, 4.69) is 175 Å². The zero-order chi connectivity index (χ0) is 35.6. The minimum atomic E-state index is 0.761. The van der Waals surface area contributed by atoms with Gasteiger partial charge < -0.3 is 9.32 Å². The Bertz CT molecular complexity index is 3050. The summed E-state index contributed by atoms with van der Waals surface area (Å²) in [6, 6.07) is 67.3. The van der Waals surface area contributed by atoms with Crippen molar-refractivity contribution in [2.75, 3.05) is 4.90 Å². The van der Waals surface area contributed by atoms with Crippen molar-refractivity contribution in [3.05, 3.63) is 194 Å². The van der Waals surface area contributed by atoms with Gasteiger partial charge in [-0.05, 0) is 114 Å². The van der Waals surface area contributed by atoms with E-state index in [1.807, 2.05) is 24.4 Å². The number of aromatic nitrogens is 1. The molecule has 0 aliphatic carbocycles. The quantitative estimate of drug-likeness (QED) is 0.169. The van der Waals surface area contributed by atoms with Gasteiger partial charge in [-0.1, -0.05) is 133 Å². The summed E-state index contributed by atoms with van der Waals surface area (Å²) in [5, 5.41) is 11.1. The lowest BCUT2D eigenvalue weighted by molar-refractivity contribution is 0.668. The number of benzene rings is 9. The molecule has 3 nitrogen and oxygen atoms in total. The largest absolute Gasteiger partial charge is 0.454 e. The lowest BCUT2D eigenvalue weighted by Crippen LogP contribution is -2.10. The molecule has 0 saturated carbocycles. The van der Waals surface area contributed by atoms with Crippen LogP contribution in [0.15, 0.2) is 199 Å². The van der Waals surface area contributed by atoms with Crippen LogP contribution in [0.4, 0.5) is 17.1 Å². The number of fused-ring (bicyclic) bond motifs is 9. The smallest absolute Gasteiger partial charge is 0.155 e. The van der Waals surface area contributed by atoms with Gasteiger partial charge in [-0.2, -0.15) is 0 Å². The highest BCUT2D eigenvalue weighted by atomic mass is 16.3. The van der Waals surface area contributed by atoms with Crippen molar-refractivity contribution in [1.82, 2.24) is 4.98 Å². The Labute approximate surface area is 312 Å². The van der Waals surface area contributed by atoms with Crippen LogP contribution in [0.1, 0.15) is 0 Å². The third kappa shape index (κ3) is 4.87. The molecule has 0 bridgehead atoms. The summed E-state index contributed by atoms with van der Waals surface area (Å²) in [7, 11) is 0. The van der Waals surface area contributed by atoms with Gasteiger partial charge in [-0.25, -0.2) is 4.98 Å². The predicted octanol–water partition coefficient (Wildman–Crippen LogP) is 14.4. The summed E-state index contributed by atoms with van der Waals surface area (Å²) >= 11 is 0. The summed E-state index contributed by atoms with van der Waals surface area (Å²) in [5.74, 6) is 0. The first-order chi connectivity index (χ1) is 26.8. The van der Waals surface area contributed by atoms with Crippen LogP contribution in [0.25, 0.3) is 87.4 Å². The molecule has 0 aliphatic rings. The average molecular weight is 689 g/mol. The highest BCUT2D eigenvalue weighted by molar-refractivity contribution is 6.15. The molecule has 0 N–H and O–H groups in total. The molecule has 11 rings (SSSR count). The number of nitrogens with zero attached hydrogens (tertiary/aromatic N) is 2. The fraction of sp³-hybridized carbons (Fsp3) is 0. The molecule has 2 heterocycles. The number of para-hydroxylation sites is 1. The maximum Gasteiger partial charge on any atom is 0.155 e. The molecule has 9 aromatic carbocycles. The molecular weight excluding hydrogens is 657 g/mol. The van der Waals surface area contributed by atoms with Gasteiger partial charge in [0.2, 0.25) is 0 Å². The molecule has 0 atom stereocenters. The van der Waals surface area contributed by atoms with Gasteiger partial charge in [0.05, 0.1) is 11.9 Å². The summed E-state index contributed by atoms with van der Waals surface area (Å²) in [4.78, 5) is 7.23. The van der Waals surface area contributed by atoms with Gasteiger partial charge in [-0.15, -0.1) is 0 Å². The van der Waals surface area contributed by atoms with Crippen LogP contribution in [0.3, 0.4) is 0 Å². The monoisotopic (exact) mass is 688 g/mol. The van der Waals surface area contributed by atoms with Crippen LogP contribution >= 0.6 is 0 Å². The van der Waals surface area contributed by atoms with Gasteiger partial charge >= 0.3 is 0 Å². The van der Waals surface area contributed by atoms with Crippen LogP contribution < -0.4 is 4.90 Å². The van der Waals surface area contributed by atoms with E-state index >= 15 is 0 Å². The normalized spacial score (nSPS) is 11.7. The summed E-state index contributed by atoms with van der Waals surface area (Å²) < 4.78 is 6.33. The van der Waals surface area contributed by atoms with Gasteiger partial charge in [0.1, 0.15) is 11.1 Å². The predicted molar refractivity (Wildman–Crippen MR) is 227 cm³/mol. The SMILES string of the molecule is c1ccc2c(c1)cc(-c1ccc(N(c3ccc(-c4cc5ccccc5c5ccccc45)cc3)c3cnc4c(c3)oc3ccccc34)cc1)c1ccccc12. The lowest BCUT2D eigenvalue weighted by Gasteiger charge is -2.25. The summed E-state index contributed by atoms with van der Waals surface area (Å²) in [5.41, 5.74) is 10.2. The number of anilines is 3. The molecule has 3 heteroatoms.